The van der Waals surface area contributed by atoms with Crippen LogP contribution < -0.4 is 32.0 Å². The van der Waals surface area contributed by atoms with Gasteiger partial charge >= 0.3 is 5.97 Å². The van der Waals surface area contributed by atoms with E-state index in [-0.39, 0.29) is 29.7 Å². The van der Waals surface area contributed by atoms with Gasteiger partial charge in [0.05, 0.1) is 26.3 Å². The minimum absolute atomic E-state index is 0.00821. The molecule has 0 aliphatic carbocycles. The largest absolute Gasteiger partial charge is 0.487 e. The quantitative estimate of drug-likeness (QED) is 0.0474. The number of rotatable bonds is 11. The van der Waals surface area contributed by atoms with Crippen molar-refractivity contribution in [2.45, 2.75) is 38.9 Å². The van der Waals surface area contributed by atoms with Crippen LogP contribution >= 0.6 is 45.9 Å². The van der Waals surface area contributed by atoms with Gasteiger partial charge in [-0.3, -0.25) is 14.4 Å². The Morgan fingerprint density at radius 3 is 1.60 bits per heavy atom. The molecule has 0 fully saturated rings. The average Bonchev–Trinajstić information content (AvgIpc) is 4.09. The first-order valence-electron chi connectivity index (χ1n) is 19.7. The Kier molecular flexibility index (Phi) is 15.6. The molecule has 63 heavy (non-hydrogen) atoms. The summed E-state index contributed by atoms with van der Waals surface area (Å²) in [5.41, 5.74) is 23.9. The number of nitrogens with one attached hydrogen (secondary N) is 1. The van der Waals surface area contributed by atoms with Gasteiger partial charge in [-0.15, -0.1) is 22.7 Å². The number of nitrogens with two attached hydrogens (primary N) is 3. The molecule has 0 bridgehead atoms. The number of aliphatic carboxylic acids is 1. The third kappa shape index (κ3) is 12.2. The highest BCUT2D eigenvalue weighted by molar-refractivity contribution is 7.17. The Morgan fingerprint density at radius 2 is 1.16 bits per heavy atom. The second-order valence-electron chi connectivity index (χ2n) is 14.5. The number of Topliss-reactive ketones (excluding diaryl/α,β-unsaturated/α-hetero) is 2. The van der Waals surface area contributed by atoms with Gasteiger partial charge in [0.1, 0.15) is 23.7 Å². The molecule has 2 atom stereocenters. The van der Waals surface area contributed by atoms with Crippen LogP contribution in [-0.2, 0) is 22.4 Å². The predicted octanol–water partition coefficient (Wildman–Crippen LogP) is 9.89. The Morgan fingerprint density at radius 1 is 0.698 bits per heavy atom. The highest BCUT2D eigenvalue weighted by Gasteiger charge is 2.27. The third-order valence-electron chi connectivity index (χ3n) is 9.76. The molecule has 8 N–H and O–H groups in total. The van der Waals surface area contributed by atoms with Crippen LogP contribution in [0.25, 0.3) is 33.0 Å². The van der Waals surface area contributed by atoms with Gasteiger partial charge in [0.15, 0.2) is 11.6 Å². The molecule has 15 heteroatoms. The van der Waals surface area contributed by atoms with Crippen molar-refractivity contribution in [2.75, 3.05) is 24.6 Å². The fourth-order valence-electron chi connectivity index (χ4n) is 6.59. The molecule has 0 spiro atoms. The van der Waals surface area contributed by atoms with Crippen molar-refractivity contribution in [3.8, 4) is 32.4 Å². The van der Waals surface area contributed by atoms with E-state index in [1.165, 1.54) is 34.8 Å². The number of carboxylic acid groups (broad SMARTS) is 1. The Hall–Kier alpha value is -6.22. The zero-order chi connectivity index (χ0) is 45.2. The molecule has 2 aliphatic rings. The van der Waals surface area contributed by atoms with Crippen LogP contribution in [0.15, 0.2) is 109 Å². The summed E-state index contributed by atoms with van der Waals surface area (Å²) in [7, 11) is 0. The number of halogens is 2. The smallest absolute Gasteiger partial charge is 0.328 e. The van der Waals surface area contributed by atoms with Gasteiger partial charge in [-0.2, -0.15) is 0 Å². The summed E-state index contributed by atoms with van der Waals surface area (Å²) in [5, 5.41) is 12.3. The maximum Gasteiger partial charge on any atom is 0.328 e. The summed E-state index contributed by atoms with van der Waals surface area (Å²) in [6.07, 6.45) is 6.92. The molecule has 0 radical (unpaired) electrons. The molecule has 2 aromatic heterocycles. The summed E-state index contributed by atoms with van der Waals surface area (Å²) in [6.45, 7) is 3.97. The topological polar surface area (TPSA) is 197 Å². The van der Waals surface area contributed by atoms with E-state index in [2.05, 4.69) is 11.4 Å². The van der Waals surface area contributed by atoms with E-state index >= 15 is 0 Å². The number of carbonyl (C=O) groups is 4. The fourth-order valence-corrected chi connectivity index (χ4v) is 8.94. The number of benzene rings is 4. The van der Waals surface area contributed by atoms with Crippen LogP contribution in [0.3, 0.4) is 0 Å². The minimum Gasteiger partial charge on any atom is -0.487 e. The molecule has 2 unspecified atom stereocenters. The molecule has 4 heterocycles. The Labute approximate surface area is 382 Å². The first-order chi connectivity index (χ1) is 30.2. The van der Waals surface area contributed by atoms with E-state index in [0.717, 1.165) is 66.3 Å². The van der Waals surface area contributed by atoms with Crippen LogP contribution in [0.5, 0.6) is 11.5 Å². The van der Waals surface area contributed by atoms with E-state index in [4.69, 9.17) is 55.0 Å². The van der Waals surface area contributed by atoms with Crippen molar-refractivity contribution in [3.05, 3.63) is 151 Å². The number of carbonyl (C=O) groups excluding carboxylic acids is 3. The maximum absolute atomic E-state index is 12.2. The van der Waals surface area contributed by atoms with Crippen LogP contribution in [0.2, 0.25) is 10.0 Å². The number of amides is 1. The number of para-hydroxylation sites is 2. The summed E-state index contributed by atoms with van der Waals surface area (Å²) >= 11 is 15.7. The number of hydrogen-bond donors (Lipinski definition) is 5. The second kappa shape index (κ2) is 21.2. The molecule has 4 aromatic carbocycles. The molecular formula is C48H44Cl2N4O7S2. The average molecular weight is 924 g/mol. The predicted molar refractivity (Wildman–Crippen MR) is 255 cm³/mol. The van der Waals surface area contributed by atoms with Crippen molar-refractivity contribution < 1.29 is 33.8 Å². The highest BCUT2D eigenvalue weighted by atomic mass is 35.5. The van der Waals surface area contributed by atoms with Crippen LogP contribution in [0.4, 0.5) is 11.4 Å². The molecule has 2 aliphatic heterocycles. The van der Waals surface area contributed by atoms with Crippen molar-refractivity contribution in [1.82, 2.24) is 5.32 Å². The van der Waals surface area contributed by atoms with Crippen LogP contribution in [0.1, 0.15) is 55.4 Å². The summed E-state index contributed by atoms with van der Waals surface area (Å²) in [5.74, 6) is 0.338. The zero-order valence-corrected chi connectivity index (χ0v) is 37.4. The number of ether oxygens (including phenoxy) is 2. The maximum atomic E-state index is 12.2. The number of hydrogen-bond acceptors (Lipinski definition) is 11. The second-order valence-corrected chi connectivity index (χ2v) is 17.4. The van der Waals surface area contributed by atoms with Gasteiger partial charge < -0.3 is 37.1 Å². The molecule has 1 amide bonds. The van der Waals surface area contributed by atoms with Gasteiger partial charge in [-0.05, 0) is 109 Å². The van der Waals surface area contributed by atoms with Crippen molar-refractivity contribution >= 4 is 92.8 Å². The lowest BCUT2D eigenvalue weighted by molar-refractivity contribution is -0.131. The SMILES string of the molecule is CC(=O)c1ccc(-c2cc(Cl)c3c(c2)CC(CN)O3)s1.CC(=O)c1ccc(-c2cc(Cl)c3c(c2)CC(CNC(=O)/C=C/c2ccccc2N)O3)s1.Nc1ccccc1/C=C/C(=O)O. The molecule has 11 nitrogen and oxygen atoms in total. The number of anilines is 2. The van der Waals surface area contributed by atoms with E-state index in [1.54, 1.807) is 50.3 Å². The van der Waals surface area contributed by atoms with Gasteiger partial charge in [0.2, 0.25) is 5.91 Å². The van der Waals surface area contributed by atoms with Gasteiger partial charge in [0, 0.05) is 63.8 Å². The number of fused-ring (bicyclic) bond motifs is 2. The number of carboxylic acids is 1. The van der Waals surface area contributed by atoms with Crippen LogP contribution in [-0.4, -0.2) is 53.8 Å². The summed E-state index contributed by atoms with van der Waals surface area (Å²) in [6, 6.07) is 29.8. The lowest BCUT2D eigenvalue weighted by atomic mass is 10.1. The van der Waals surface area contributed by atoms with E-state index in [9.17, 15) is 19.2 Å². The van der Waals surface area contributed by atoms with Gasteiger partial charge in [-0.1, -0.05) is 59.6 Å². The molecule has 0 saturated carbocycles. The Balaban J connectivity index is 0.000000176. The molecular weight excluding hydrogens is 880 g/mol. The summed E-state index contributed by atoms with van der Waals surface area (Å²) in [4.78, 5) is 48.8. The standard InChI is InChI=1S/C24H21ClN2O3S.C15H14ClNO2S.C9H9NO2/c1-14(28)21-7-8-22(31-21)16-10-17-11-18(30-24(17)19(25)12-16)13-27-23(29)9-6-15-4-2-3-5-20(15)26;1-8(18)13-2-3-14(20-13)9-4-10-5-11(7-17)19-15(10)12(16)6-9;10-8-4-2-1-3-7(8)5-6-9(11)12/h2-10,12,18H,11,13,26H2,1H3,(H,27,29);2-4,6,11H,5,7,17H2,1H3;1-6H,10H2,(H,11,12)/b9-6+;;6-5+. The van der Waals surface area contributed by atoms with E-state index in [0.29, 0.717) is 51.6 Å². The fraction of sp³-hybridized carbons (Fsp3) is 0.167. The first kappa shape index (κ1) is 46.3. The first-order valence-corrected chi connectivity index (χ1v) is 22.0. The molecule has 6 aromatic rings. The number of nitrogen functional groups attached to an aromatic ring is 2. The monoisotopic (exact) mass is 922 g/mol. The van der Waals surface area contributed by atoms with Crippen molar-refractivity contribution in [3.63, 3.8) is 0 Å². The lowest BCUT2D eigenvalue weighted by Crippen LogP contribution is -2.33. The van der Waals surface area contributed by atoms with Gasteiger partial charge in [-0.25, -0.2) is 4.79 Å². The van der Waals surface area contributed by atoms with E-state index in [1.807, 2.05) is 60.7 Å². The Bertz CT molecular complexity index is 2730. The number of ketones is 2. The van der Waals surface area contributed by atoms with Gasteiger partial charge in [0.25, 0.3) is 0 Å². The lowest BCUT2D eigenvalue weighted by Gasteiger charge is -2.11. The van der Waals surface area contributed by atoms with E-state index < -0.39 is 5.97 Å². The summed E-state index contributed by atoms with van der Waals surface area (Å²) < 4.78 is 11.7. The normalized spacial score (nSPS) is 14.7. The van der Waals surface area contributed by atoms with Crippen molar-refractivity contribution in [2.24, 2.45) is 5.73 Å². The molecule has 0 saturated heterocycles. The third-order valence-corrected chi connectivity index (χ3v) is 12.8. The molecule has 324 valence electrons. The highest BCUT2D eigenvalue weighted by Crippen LogP contribution is 2.42. The minimum atomic E-state index is -0.974. The molecule has 8 rings (SSSR count). The number of thiophene rings is 2. The van der Waals surface area contributed by atoms with Crippen molar-refractivity contribution in [1.29, 1.82) is 0 Å². The zero-order valence-electron chi connectivity index (χ0n) is 34.2. The van der Waals surface area contributed by atoms with Crippen LogP contribution in [0, 0.1) is 0 Å².